The molecule has 6 nitrogen and oxygen atoms in total. The zero-order chi connectivity index (χ0) is 20.9. The average Bonchev–Trinajstić information content (AvgIpc) is 3.22. The summed E-state index contributed by atoms with van der Waals surface area (Å²) in [5.74, 6) is 1.05. The molecule has 0 N–H and O–H groups in total. The van der Waals surface area contributed by atoms with E-state index in [1.165, 1.54) is 5.56 Å². The summed E-state index contributed by atoms with van der Waals surface area (Å²) < 4.78 is 1.85. The Morgan fingerprint density at radius 1 is 0.933 bits per heavy atom. The van der Waals surface area contributed by atoms with Crippen LogP contribution in [0.4, 0.5) is 0 Å². The number of nitrogens with zero attached hydrogens (tertiary/aromatic N) is 5. The maximum absolute atomic E-state index is 13.1. The zero-order valence-electron chi connectivity index (χ0n) is 17.8. The van der Waals surface area contributed by atoms with Gasteiger partial charge in [0, 0.05) is 32.6 Å². The highest BCUT2D eigenvalue weighted by molar-refractivity contribution is 5.90. The minimum absolute atomic E-state index is 0.0703. The van der Waals surface area contributed by atoms with E-state index in [0.29, 0.717) is 5.82 Å². The molecule has 0 radical (unpaired) electrons. The number of para-hydroxylation sites is 1. The fraction of sp³-hybridized carbons (Fsp3) is 0.375. The van der Waals surface area contributed by atoms with E-state index in [9.17, 15) is 4.79 Å². The number of carbonyl (C=O) groups excluding carboxylic acids is 1. The molecule has 0 spiro atoms. The van der Waals surface area contributed by atoms with E-state index in [-0.39, 0.29) is 5.91 Å². The lowest BCUT2D eigenvalue weighted by atomic mass is 10.1. The maximum atomic E-state index is 13.1. The smallest absolute Gasteiger partial charge is 0.293 e. The monoisotopic (exact) mass is 403 g/mol. The average molecular weight is 404 g/mol. The molecule has 0 atom stereocenters. The molecule has 1 aliphatic rings. The molecule has 1 fully saturated rings. The minimum Gasteiger partial charge on any atom is -0.333 e. The van der Waals surface area contributed by atoms with Gasteiger partial charge in [0.15, 0.2) is 0 Å². The van der Waals surface area contributed by atoms with Crippen LogP contribution in [0, 0.1) is 6.92 Å². The summed E-state index contributed by atoms with van der Waals surface area (Å²) in [7, 11) is 0. The Balaban J connectivity index is 1.60. The molecule has 1 aliphatic heterocycles. The molecule has 0 saturated carbocycles. The van der Waals surface area contributed by atoms with Crippen LogP contribution in [0.5, 0.6) is 0 Å². The summed E-state index contributed by atoms with van der Waals surface area (Å²) in [5.41, 5.74) is 3.34. The van der Waals surface area contributed by atoms with Crippen molar-refractivity contribution in [3.63, 3.8) is 0 Å². The summed E-state index contributed by atoms with van der Waals surface area (Å²) in [5, 5.41) is 4.67. The second kappa shape index (κ2) is 9.22. The van der Waals surface area contributed by atoms with Gasteiger partial charge < -0.3 is 9.80 Å². The van der Waals surface area contributed by atoms with Crippen LogP contribution in [-0.4, -0.2) is 63.2 Å². The Kier molecular flexibility index (Phi) is 6.23. The van der Waals surface area contributed by atoms with Crippen LogP contribution in [0.15, 0.2) is 54.6 Å². The molecule has 2 heterocycles. The van der Waals surface area contributed by atoms with Crippen LogP contribution in [0.1, 0.15) is 34.5 Å². The molecule has 1 amide bonds. The predicted octanol–water partition coefficient (Wildman–Crippen LogP) is 3.14. The van der Waals surface area contributed by atoms with Crippen LogP contribution >= 0.6 is 0 Å². The van der Waals surface area contributed by atoms with Crippen molar-refractivity contribution in [2.45, 2.75) is 26.7 Å². The molecular formula is C24H29N5O. The molecule has 0 unspecified atom stereocenters. The Hall–Kier alpha value is -2.99. The van der Waals surface area contributed by atoms with Gasteiger partial charge in [-0.2, -0.15) is 0 Å². The third-order valence-corrected chi connectivity index (χ3v) is 5.80. The normalized spacial score (nSPS) is 14.8. The van der Waals surface area contributed by atoms with Crippen molar-refractivity contribution in [1.82, 2.24) is 24.6 Å². The van der Waals surface area contributed by atoms with E-state index in [1.807, 2.05) is 46.0 Å². The molecular weight excluding hydrogens is 374 g/mol. The fourth-order valence-corrected chi connectivity index (χ4v) is 3.90. The first-order valence-electron chi connectivity index (χ1n) is 10.7. The lowest BCUT2D eigenvalue weighted by Gasteiger charge is -2.33. The number of benzene rings is 2. The summed E-state index contributed by atoms with van der Waals surface area (Å²) in [6.45, 7) is 8.50. The third kappa shape index (κ3) is 4.44. The molecule has 1 aromatic heterocycles. The van der Waals surface area contributed by atoms with E-state index in [2.05, 4.69) is 42.0 Å². The Bertz CT molecular complexity index is 990. The van der Waals surface area contributed by atoms with E-state index in [0.717, 1.165) is 62.6 Å². The number of likely N-dealkylation sites (N-methyl/N-ethyl adjacent to an activating group) is 1. The van der Waals surface area contributed by atoms with E-state index < -0.39 is 0 Å². The largest absolute Gasteiger partial charge is 0.333 e. The quantitative estimate of drug-likeness (QED) is 0.635. The van der Waals surface area contributed by atoms with Crippen molar-refractivity contribution >= 4 is 5.91 Å². The SMILES string of the molecule is CCN1CCN(C(=O)c2nc(CCc3ccccc3)n(-c3ccccc3C)n2)CC1. The second-order valence-corrected chi connectivity index (χ2v) is 7.76. The van der Waals surface area contributed by atoms with Crippen molar-refractivity contribution in [1.29, 1.82) is 0 Å². The maximum Gasteiger partial charge on any atom is 0.293 e. The molecule has 0 aliphatic carbocycles. The zero-order valence-corrected chi connectivity index (χ0v) is 17.8. The van der Waals surface area contributed by atoms with Gasteiger partial charge in [-0.15, -0.1) is 5.10 Å². The molecule has 1 saturated heterocycles. The van der Waals surface area contributed by atoms with Gasteiger partial charge in [-0.3, -0.25) is 4.79 Å². The number of carbonyl (C=O) groups is 1. The number of piperazine rings is 1. The predicted molar refractivity (Wildman–Crippen MR) is 118 cm³/mol. The summed E-state index contributed by atoms with van der Waals surface area (Å²) >= 11 is 0. The van der Waals surface area contributed by atoms with Crippen molar-refractivity contribution < 1.29 is 4.79 Å². The highest BCUT2D eigenvalue weighted by atomic mass is 16.2. The molecule has 2 aromatic carbocycles. The lowest BCUT2D eigenvalue weighted by molar-refractivity contribution is 0.0631. The Morgan fingerprint density at radius 3 is 2.33 bits per heavy atom. The minimum atomic E-state index is -0.0703. The molecule has 30 heavy (non-hydrogen) atoms. The number of amides is 1. The van der Waals surface area contributed by atoms with Gasteiger partial charge in [0.25, 0.3) is 5.91 Å². The van der Waals surface area contributed by atoms with Crippen LogP contribution in [0.2, 0.25) is 0 Å². The van der Waals surface area contributed by atoms with E-state index in [4.69, 9.17) is 4.98 Å². The lowest BCUT2D eigenvalue weighted by Crippen LogP contribution is -2.48. The first kappa shape index (κ1) is 20.3. The van der Waals surface area contributed by atoms with Crippen molar-refractivity contribution in [3.05, 3.63) is 77.4 Å². The summed E-state index contributed by atoms with van der Waals surface area (Å²) in [6.07, 6.45) is 1.58. The molecule has 3 aromatic rings. The van der Waals surface area contributed by atoms with Crippen LogP contribution in [0.3, 0.4) is 0 Å². The summed E-state index contributed by atoms with van der Waals surface area (Å²) in [6, 6.07) is 18.5. The molecule has 0 bridgehead atoms. The highest BCUT2D eigenvalue weighted by Gasteiger charge is 2.26. The van der Waals surface area contributed by atoms with Gasteiger partial charge >= 0.3 is 0 Å². The van der Waals surface area contributed by atoms with Gasteiger partial charge in [-0.1, -0.05) is 55.5 Å². The first-order valence-corrected chi connectivity index (χ1v) is 10.7. The highest BCUT2D eigenvalue weighted by Crippen LogP contribution is 2.17. The van der Waals surface area contributed by atoms with E-state index >= 15 is 0 Å². The number of aryl methyl sites for hydroxylation is 3. The Morgan fingerprint density at radius 2 is 1.63 bits per heavy atom. The van der Waals surface area contributed by atoms with Gasteiger partial charge in [0.2, 0.25) is 5.82 Å². The second-order valence-electron chi connectivity index (χ2n) is 7.76. The number of rotatable bonds is 6. The van der Waals surface area contributed by atoms with E-state index in [1.54, 1.807) is 0 Å². The van der Waals surface area contributed by atoms with Crippen LogP contribution in [0.25, 0.3) is 5.69 Å². The van der Waals surface area contributed by atoms with Gasteiger partial charge in [-0.05, 0) is 37.1 Å². The topological polar surface area (TPSA) is 54.3 Å². The number of aromatic nitrogens is 3. The fourth-order valence-electron chi connectivity index (χ4n) is 3.90. The standard InChI is InChI=1S/C24H29N5O/c1-3-27-15-17-28(18-16-27)24(30)23-25-22(14-13-20-10-5-4-6-11-20)29(26-23)21-12-8-7-9-19(21)2/h4-12H,3,13-18H2,1-2H3. The van der Waals surface area contributed by atoms with Gasteiger partial charge in [0.1, 0.15) is 5.82 Å². The first-order chi connectivity index (χ1) is 14.7. The van der Waals surface area contributed by atoms with Crippen molar-refractivity contribution in [3.8, 4) is 5.69 Å². The van der Waals surface area contributed by atoms with Crippen molar-refractivity contribution in [2.24, 2.45) is 0 Å². The van der Waals surface area contributed by atoms with Crippen LogP contribution in [-0.2, 0) is 12.8 Å². The molecule has 4 rings (SSSR count). The molecule has 156 valence electrons. The van der Waals surface area contributed by atoms with Gasteiger partial charge in [0.05, 0.1) is 5.69 Å². The number of hydrogen-bond acceptors (Lipinski definition) is 4. The van der Waals surface area contributed by atoms with Gasteiger partial charge in [-0.25, -0.2) is 9.67 Å². The number of hydrogen-bond donors (Lipinski definition) is 0. The van der Waals surface area contributed by atoms with Crippen LogP contribution < -0.4 is 0 Å². The molecule has 6 heteroatoms. The summed E-state index contributed by atoms with van der Waals surface area (Å²) in [4.78, 5) is 22.1. The Labute approximate surface area is 178 Å². The van der Waals surface area contributed by atoms with Crippen molar-refractivity contribution in [2.75, 3.05) is 32.7 Å². The third-order valence-electron chi connectivity index (χ3n) is 5.80.